The third-order valence-electron chi connectivity index (χ3n) is 7.69. The van der Waals surface area contributed by atoms with Crippen molar-refractivity contribution in [1.82, 2.24) is 19.9 Å². The van der Waals surface area contributed by atoms with Gasteiger partial charge in [-0.15, -0.1) is 0 Å². The van der Waals surface area contributed by atoms with Gasteiger partial charge in [0.05, 0.1) is 45.0 Å². The largest absolute Gasteiger partial charge is 0.416 e. The van der Waals surface area contributed by atoms with E-state index in [9.17, 15) is 31.1 Å². The van der Waals surface area contributed by atoms with E-state index in [1.807, 2.05) is 0 Å². The van der Waals surface area contributed by atoms with Crippen molar-refractivity contribution in [2.75, 3.05) is 0 Å². The fraction of sp³-hybridized carbons (Fsp3) is 0.0571. The molecule has 11 heteroatoms. The summed E-state index contributed by atoms with van der Waals surface area (Å²) >= 11 is 0. The molecule has 7 rings (SSSR count). The van der Waals surface area contributed by atoms with Gasteiger partial charge in [-0.1, -0.05) is 24.3 Å². The molecule has 5 heterocycles. The summed E-state index contributed by atoms with van der Waals surface area (Å²) in [5.74, 6) is 0. The Labute approximate surface area is 256 Å². The number of hydrogen-bond donors (Lipinski definition) is 2. The van der Waals surface area contributed by atoms with Gasteiger partial charge < -0.3 is 9.97 Å². The highest BCUT2D eigenvalue weighted by molar-refractivity contribution is 5.98. The van der Waals surface area contributed by atoms with Crippen molar-refractivity contribution in [2.24, 2.45) is 0 Å². The van der Waals surface area contributed by atoms with Gasteiger partial charge in [-0.2, -0.15) is 26.3 Å². The van der Waals surface area contributed by atoms with E-state index in [4.69, 9.17) is 0 Å². The first kappa shape index (κ1) is 29.0. The van der Waals surface area contributed by atoms with E-state index >= 15 is 0 Å². The maximum Gasteiger partial charge on any atom is 0.416 e. The van der Waals surface area contributed by atoms with Crippen molar-refractivity contribution < 1.29 is 31.1 Å². The highest BCUT2D eigenvalue weighted by Crippen LogP contribution is 2.37. The van der Waals surface area contributed by atoms with Gasteiger partial charge in [-0.25, -0.2) is 9.97 Å². The maximum atomic E-state index is 13.7. The molecule has 5 aromatic rings. The van der Waals surface area contributed by atoms with E-state index in [1.54, 1.807) is 66.8 Å². The van der Waals surface area contributed by atoms with Gasteiger partial charge >= 0.3 is 12.4 Å². The molecule has 0 spiro atoms. The minimum absolute atomic E-state index is 0.146. The molecule has 0 aliphatic carbocycles. The number of H-pyrrole nitrogens is 2. The third-order valence-corrected chi connectivity index (χ3v) is 7.69. The number of benzene rings is 2. The molecule has 0 amide bonds. The lowest BCUT2D eigenvalue weighted by molar-refractivity contribution is -0.138. The maximum absolute atomic E-state index is 13.7. The van der Waals surface area contributed by atoms with E-state index in [1.165, 1.54) is 12.1 Å². The summed E-state index contributed by atoms with van der Waals surface area (Å²) in [6.45, 7) is 0. The van der Waals surface area contributed by atoms with Crippen molar-refractivity contribution in [3.8, 4) is 22.3 Å². The number of carbonyl (C=O) groups excluding carboxylic acids is 1. The van der Waals surface area contributed by atoms with Gasteiger partial charge in [0.2, 0.25) is 0 Å². The van der Waals surface area contributed by atoms with Crippen LogP contribution < -0.4 is 0 Å². The molecule has 0 saturated carbocycles. The minimum Gasteiger partial charge on any atom is -0.355 e. The van der Waals surface area contributed by atoms with Gasteiger partial charge in [-0.05, 0) is 90.0 Å². The van der Waals surface area contributed by atoms with Crippen LogP contribution in [0.15, 0.2) is 78.9 Å². The van der Waals surface area contributed by atoms with Crippen LogP contribution in [0.4, 0.5) is 26.3 Å². The van der Waals surface area contributed by atoms with Crippen molar-refractivity contribution in [3.63, 3.8) is 0 Å². The quantitative estimate of drug-likeness (QED) is 0.151. The molecule has 46 heavy (non-hydrogen) atoms. The second kappa shape index (κ2) is 10.7. The molecule has 8 bridgehead atoms. The second-order valence-corrected chi connectivity index (χ2v) is 10.7. The topological polar surface area (TPSA) is 74.4 Å². The summed E-state index contributed by atoms with van der Waals surface area (Å²) < 4.78 is 82.0. The summed E-state index contributed by atoms with van der Waals surface area (Å²) in [6.07, 6.45) is -1.95. The average molecular weight is 627 g/mol. The number of carbonyl (C=O) groups is 1. The zero-order valence-corrected chi connectivity index (χ0v) is 23.5. The van der Waals surface area contributed by atoms with Gasteiger partial charge in [0.15, 0.2) is 6.29 Å². The molecule has 0 atom stereocenters. The molecule has 0 radical (unpaired) electrons. The zero-order valence-electron chi connectivity index (χ0n) is 23.5. The predicted octanol–water partition coefficient (Wildman–Crippen LogP) is 9.84. The van der Waals surface area contributed by atoms with Crippen LogP contribution in [0.25, 0.3) is 68.6 Å². The summed E-state index contributed by atoms with van der Waals surface area (Å²) in [5.41, 5.74) is 3.05. The Morgan fingerprint density at radius 1 is 0.565 bits per heavy atom. The summed E-state index contributed by atoms with van der Waals surface area (Å²) in [5, 5.41) is 0. The lowest BCUT2D eigenvalue weighted by Gasteiger charge is -2.10. The number of nitrogens with zero attached hydrogens (tertiary/aromatic N) is 2. The molecular formula is C35H20F6N4O. The molecule has 0 fully saturated rings. The number of fused-ring (bicyclic) bond motifs is 8. The van der Waals surface area contributed by atoms with Crippen LogP contribution in [0.3, 0.4) is 0 Å². The molecular weight excluding hydrogens is 606 g/mol. The van der Waals surface area contributed by atoms with Crippen molar-refractivity contribution in [1.29, 1.82) is 0 Å². The molecule has 2 aromatic carbocycles. The zero-order chi connectivity index (χ0) is 32.2. The van der Waals surface area contributed by atoms with Crippen LogP contribution in [0.1, 0.15) is 44.3 Å². The first-order valence-corrected chi connectivity index (χ1v) is 13.9. The number of halogens is 6. The van der Waals surface area contributed by atoms with Crippen molar-refractivity contribution >= 4 is 52.7 Å². The van der Waals surface area contributed by atoms with Crippen LogP contribution in [0.5, 0.6) is 0 Å². The van der Waals surface area contributed by atoms with E-state index in [-0.39, 0.29) is 22.4 Å². The van der Waals surface area contributed by atoms with Crippen LogP contribution in [-0.2, 0) is 12.4 Å². The summed E-state index contributed by atoms with van der Waals surface area (Å²) in [7, 11) is 0. The van der Waals surface area contributed by atoms with Crippen LogP contribution in [0.2, 0.25) is 0 Å². The Balaban J connectivity index is 1.57. The smallest absolute Gasteiger partial charge is 0.355 e. The first-order chi connectivity index (χ1) is 22.0. The van der Waals surface area contributed by atoms with E-state index in [0.717, 1.165) is 24.3 Å². The van der Waals surface area contributed by atoms with Crippen LogP contribution >= 0.6 is 0 Å². The Morgan fingerprint density at radius 3 is 1.74 bits per heavy atom. The fourth-order valence-corrected chi connectivity index (χ4v) is 5.59. The van der Waals surface area contributed by atoms with E-state index in [0.29, 0.717) is 56.6 Å². The minimum atomic E-state index is -4.57. The van der Waals surface area contributed by atoms with Crippen LogP contribution in [0, 0.1) is 0 Å². The number of rotatable bonds is 3. The Hall–Kier alpha value is -5.71. The molecule has 228 valence electrons. The van der Waals surface area contributed by atoms with Gasteiger partial charge in [0.25, 0.3) is 0 Å². The van der Waals surface area contributed by atoms with E-state index in [2.05, 4.69) is 19.9 Å². The predicted molar refractivity (Wildman–Crippen MR) is 165 cm³/mol. The number of aromatic nitrogens is 4. The number of alkyl halides is 6. The first-order valence-electron chi connectivity index (χ1n) is 13.9. The number of nitrogens with one attached hydrogen (secondary N) is 2. The van der Waals surface area contributed by atoms with E-state index < -0.39 is 23.5 Å². The highest BCUT2D eigenvalue weighted by atomic mass is 19.4. The highest BCUT2D eigenvalue weighted by Gasteiger charge is 2.32. The standard InChI is InChI=1S/C35H20F6N4O/c36-34(37,38)21-5-1-3-19(15-21)32-28-9-7-23(42-28)17-24-8-10-29(43-24)33(20-4-2-6-22(16-20)35(39,40)41)31-14-12-27(45-31)25(18-46)26-11-13-30(32)44-26/h1-18,42,45H. The average Bonchev–Trinajstić information content (AvgIpc) is 3.84. The molecule has 3 aromatic heterocycles. The summed E-state index contributed by atoms with van der Waals surface area (Å²) in [4.78, 5) is 28.2. The molecule has 2 N–H and O–H groups in total. The van der Waals surface area contributed by atoms with Crippen molar-refractivity contribution in [3.05, 3.63) is 118 Å². The Kier molecular flexibility index (Phi) is 6.77. The van der Waals surface area contributed by atoms with Gasteiger partial charge in [0.1, 0.15) is 0 Å². The number of aldehydes is 1. The third kappa shape index (κ3) is 5.29. The molecule has 2 aliphatic rings. The lowest BCUT2D eigenvalue weighted by atomic mass is 10.0. The lowest BCUT2D eigenvalue weighted by Crippen LogP contribution is -2.04. The number of hydrogen-bond acceptors (Lipinski definition) is 3. The fourth-order valence-electron chi connectivity index (χ4n) is 5.59. The van der Waals surface area contributed by atoms with Crippen molar-refractivity contribution in [2.45, 2.75) is 12.4 Å². The van der Waals surface area contributed by atoms with Gasteiger partial charge in [-0.3, -0.25) is 4.79 Å². The Bertz CT molecular complexity index is 2220. The molecule has 0 unspecified atom stereocenters. The SMILES string of the molecule is O=Cc1c2nc(c(-c3cccc(C(F)(F)F)c3)c3ccc(cc4nc(c(-c5cccc(C(F)(F)F)c5)c5ccc1[nH]5)C=C4)[nH]3)C=C2. The normalized spacial score (nSPS) is 12.9. The monoisotopic (exact) mass is 626 g/mol. The van der Waals surface area contributed by atoms with Gasteiger partial charge in [0, 0.05) is 27.7 Å². The molecule has 2 aliphatic heterocycles. The molecule has 0 saturated heterocycles. The number of aromatic amines is 2. The second-order valence-electron chi connectivity index (χ2n) is 10.7. The summed E-state index contributed by atoms with van der Waals surface area (Å²) in [6, 6.07) is 18.2. The Morgan fingerprint density at radius 2 is 1.11 bits per heavy atom. The molecule has 5 nitrogen and oxygen atoms in total. The van der Waals surface area contributed by atoms with Crippen LogP contribution in [-0.4, -0.2) is 26.2 Å².